The monoisotopic (exact) mass is 360 g/mol. The molecule has 146 valence electrons. The van der Waals surface area contributed by atoms with Crippen molar-refractivity contribution in [2.45, 2.75) is 51.6 Å². The van der Waals surface area contributed by atoms with Crippen molar-refractivity contribution in [2.24, 2.45) is 5.73 Å². The lowest BCUT2D eigenvalue weighted by atomic mass is 9.96. The van der Waals surface area contributed by atoms with E-state index in [1.54, 1.807) is 0 Å². The molecular formula is C21H36N4O. The van der Waals surface area contributed by atoms with Crippen LogP contribution >= 0.6 is 0 Å². The lowest BCUT2D eigenvalue weighted by molar-refractivity contribution is -0.126. The Balaban J connectivity index is 1.54. The van der Waals surface area contributed by atoms with Gasteiger partial charge in [-0.15, -0.1) is 0 Å². The van der Waals surface area contributed by atoms with Gasteiger partial charge in [0.2, 0.25) is 5.91 Å². The average Bonchev–Trinajstić information content (AvgIpc) is 2.63. The van der Waals surface area contributed by atoms with E-state index in [2.05, 4.69) is 52.4 Å². The molecule has 1 aromatic carbocycles. The second kappa shape index (κ2) is 10.7. The molecule has 0 aliphatic carbocycles. The first-order valence-electron chi connectivity index (χ1n) is 10.1. The summed E-state index contributed by atoms with van der Waals surface area (Å²) in [5.41, 5.74) is 6.71. The topological polar surface area (TPSA) is 61.6 Å². The highest BCUT2D eigenvalue weighted by Crippen LogP contribution is 2.10. The van der Waals surface area contributed by atoms with E-state index in [1.807, 2.05) is 6.92 Å². The number of carbonyl (C=O) groups is 1. The van der Waals surface area contributed by atoms with Crippen LogP contribution in [0.5, 0.6) is 0 Å². The molecule has 2 rings (SSSR count). The van der Waals surface area contributed by atoms with Crippen LogP contribution in [-0.2, 0) is 11.3 Å². The van der Waals surface area contributed by atoms with Gasteiger partial charge in [-0.1, -0.05) is 43.7 Å². The maximum absolute atomic E-state index is 12.1. The van der Waals surface area contributed by atoms with Crippen LogP contribution in [0.1, 0.15) is 45.1 Å². The van der Waals surface area contributed by atoms with Crippen molar-refractivity contribution < 1.29 is 4.79 Å². The lowest BCUT2D eigenvalue weighted by Gasteiger charge is -2.34. The van der Waals surface area contributed by atoms with E-state index in [1.165, 1.54) is 5.56 Å². The molecule has 1 amide bonds. The van der Waals surface area contributed by atoms with Crippen LogP contribution in [0.15, 0.2) is 30.3 Å². The third kappa shape index (κ3) is 7.06. The van der Waals surface area contributed by atoms with Gasteiger partial charge >= 0.3 is 0 Å². The van der Waals surface area contributed by atoms with Crippen molar-refractivity contribution in [3.63, 3.8) is 0 Å². The van der Waals surface area contributed by atoms with Gasteiger partial charge in [-0.3, -0.25) is 9.69 Å². The number of carbonyl (C=O) groups excluding carboxylic acids is 1. The van der Waals surface area contributed by atoms with Crippen LogP contribution in [0.2, 0.25) is 0 Å². The second-order valence-electron chi connectivity index (χ2n) is 7.73. The Labute approximate surface area is 158 Å². The molecule has 1 atom stereocenters. The molecule has 1 saturated heterocycles. The number of hydrogen-bond acceptors (Lipinski definition) is 4. The van der Waals surface area contributed by atoms with Crippen molar-refractivity contribution in [2.75, 3.05) is 39.3 Å². The minimum Gasteiger partial charge on any atom is -0.355 e. The van der Waals surface area contributed by atoms with E-state index in [-0.39, 0.29) is 5.91 Å². The lowest BCUT2D eigenvalue weighted by Crippen LogP contribution is -2.51. The van der Waals surface area contributed by atoms with Crippen molar-refractivity contribution in [1.82, 2.24) is 15.1 Å². The summed E-state index contributed by atoms with van der Waals surface area (Å²) >= 11 is 0. The van der Waals surface area contributed by atoms with Gasteiger partial charge in [-0.2, -0.15) is 0 Å². The standard InChI is InChI=1S/C21H36N4O/c1-3-11-21(2,22)20(26)23-12-7-8-13-24-14-16-25(17-15-24)18-19-9-5-4-6-10-19/h4-6,9-10H,3,7-8,11-18,22H2,1-2H3,(H,23,26). The third-order valence-electron chi connectivity index (χ3n) is 5.19. The minimum absolute atomic E-state index is 0.0196. The Hall–Kier alpha value is -1.43. The number of benzene rings is 1. The third-order valence-corrected chi connectivity index (χ3v) is 5.19. The quantitative estimate of drug-likeness (QED) is 0.628. The second-order valence-corrected chi connectivity index (χ2v) is 7.73. The van der Waals surface area contributed by atoms with Gasteiger partial charge in [-0.05, 0) is 38.3 Å². The molecule has 5 nitrogen and oxygen atoms in total. The molecule has 0 spiro atoms. The summed E-state index contributed by atoms with van der Waals surface area (Å²) in [6.07, 6.45) is 3.79. The molecule has 1 unspecified atom stereocenters. The summed E-state index contributed by atoms with van der Waals surface area (Å²) in [5, 5.41) is 2.99. The molecule has 0 aromatic heterocycles. The fraction of sp³-hybridized carbons (Fsp3) is 0.667. The van der Waals surface area contributed by atoms with Crippen LogP contribution in [0, 0.1) is 0 Å². The van der Waals surface area contributed by atoms with Crippen molar-refractivity contribution in [1.29, 1.82) is 0 Å². The fourth-order valence-corrected chi connectivity index (χ4v) is 3.51. The number of amides is 1. The smallest absolute Gasteiger partial charge is 0.239 e. The molecule has 1 aliphatic rings. The highest BCUT2D eigenvalue weighted by atomic mass is 16.2. The van der Waals surface area contributed by atoms with E-state index < -0.39 is 5.54 Å². The molecule has 1 fully saturated rings. The summed E-state index contributed by atoms with van der Waals surface area (Å²) < 4.78 is 0. The van der Waals surface area contributed by atoms with Crippen molar-refractivity contribution >= 4 is 5.91 Å². The van der Waals surface area contributed by atoms with Gasteiger partial charge in [0, 0.05) is 39.3 Å². The number of rotatable bonds is 10. The van der Waals surface area contributed by atoms with E-state index in [0.717, 1.165) is 71.5 Å². The number of nitrogens with one attached hydrogen (secondary N) is 1. The van der Waals surface area contributed by atoms with Gasteiger partial charge in [-0.25, -0.2) is 0 Å². The van der Waals surface area contributed by atoms with E-state index in [4.69, 9.17) is 5.73 Å². The SMILES string of the molecule is CCCC(C)(N)C(=O)NCCCCN1CCN(Cc2ccccc2)CC1. The molecular weight excluding hydrogens is 324 g/mol. The molecule has 1 aliphatic heterocycles. The minimum atomic E-state index is -0.732. The van der Waals surface area contributed by atoms with Gasteiger partial charge in [0.15, 0.2) is 0 Å². The number of piperazine rings is 1. The Kier molecular flexibility index (Phi) is 8.55. The van der Waals surface area contributed by atoms with E-state index >= 15 is 0 Å². The van der Waals surface area contributed by atoms with E-state index in [0.29, 0.717) is 0 Å². The average molecular weight is 361 g/mol. The maximum atomic E-state index is 12.1. The summed E-state index contributed by atoms with van der Waals surface area (Å²) in [7, 11) is 0. The summed E-state index contributed by atoms with van der Waals surface area (Å²) in [6.45, 7) is 11.3. The maximum Gasteiger partial charge on any atom is 0.239 e. The number of hydrogen-bond donors (Lipinski definition) is 2. The zero-order valence-electron chi connectivity index (χ0n) is 16.5. The fourth-order valence-electron chi connectivity index (χ4n) is 3.51. The first kappa shape index (κ1) is 20.9. The number of nitrogens with two attached hydrogens (primary N) is 1. The molecule has 5 heteroatoms. The molecule has 1 aromatic rings. The van der Waals surface area contributed by atoms with Crippen LogP contribution < -0.4 is 11.1 Å². The molecule has 26 heavy (non-hydrogen) atoms. The Morgan fingerprint density at radius 2 is 1.77 bits per heavy atom. The van der Waals surface area contributed by atoms with Gasteiger partial charge in [0.1, 0.15) is 0 Å². The summed E-state index contributed by atoms with van der Waals surface area (Å²) in [4.78, 5) is 17.1. The molecule has 1 heterocycles. The Bertz CT molecular complexity index is 524. The zero-order valence-corrected chi connectivity index (χ0v) is 16.5. The summed E-state index contributed by atoms with van der Waals surface area (Å²) in [5.74, 6) is -0.0196. The predicted octanol–water partition coefficient (Wildman–Crippen LogP) is 2.22. The van der Waals surface area contributed by atoms with E-state index in [9.17, 15) is 4.79 Å². The van der Waals surface area contributed by atoms with Crippen LogP contribution in [0.25, 0.3) is 0 Å². The number of nitrogens with zero attached hydrogens (tertiary/aromatic N) is 2. The van der Waals surface area contributed by atoms with Crippen molar-refractivity contribution in [3.05, 3.63) is 35.9 Å². The van der Waals surface area contributed by atoms with Crippen LogP contribution in [-0.4, -0.2) is 60.5 Å². The Morgan fingerprint density at radius 3 is 2.42 bits per heavy atom. The highest BCUT2D eigenvalue weighted by Gasteiger charge is 2.26. The molecule has 0 radical (unpaired) electrons. The number of unbranched alkanes of at least 4 members (excludes halogenated alkanes) is 1. The highest BCUT2D eigenvalue weighted by molar-refractivity contribution is 5.85. The van der Waals surface area contributed by atoms with Crippen LogP contribution in [0.4, 0.5) is 0 Å². The largest absolute Gasteiger partial charge is 0.355 e. The predicted molar refractivity (Wildman–Crippen MR) is 108 cm³/mol. The van der Waals surface area contributed by atoms with Crippen molar-refractivity contribution in [3.8, 4) is 0 Å². The first-order chi connectivity index (χ1) is 12.5. The normalized spacial score (nSPS) is 18.4. The molecule has 3 N–H and O–H groups in total. The zero-order chi connectivity index (χ0) is 18.8. The molecule has 0 bridgehead atoms. The van der Waals surface area contributed by atoms with Gasteiger partial charge < -0.3 is 16.0 Å². The summed E-state index contributed by atoms with van der Waals surface area (Å²) in [6, 6.07) is 10.7. The first-order valence-corrected chi connectivity index (χ1v) is 10.1. The van der Waals surface area contributed by atoms with Gasteiger partial charge in [0.05, 0.1) is 5.54 Å². The van der Waals surface area contributed by atoms with Gasteiger partial charge in [0.25, 0.3) is 0 Å². The Morgan fingerprint density at radius 1 is 1.12 bits per heavy atom. The molecule has 0 saturated carbocycles. The van der Waals surface area contributed by atoms with Crippen LogP contribution in [0.3, 0.4) is 0 Å².